The Bertz CT molecular complexity index is 622. The van der Waals surface area contributed by atoms with Crippen molar-refractivity contribution >= 4 is 10.0 Å². The van der Waals surface area contributed by atoms with Crippen molar-refractivity contribution < 1.29 is 13.5 Å². The maximum atomic E-state index is 12.3. The Hall–Kier alpha value is -1.35. The first-order valence-electron chi connectivity index (χ1n) is 7.31. The summed E-state index contributed by atoms with van der Waals surface area (Å²) in [5, 5.41) is 8.69. The molecule has 1 aromatic rings. The zero-order valence-electron chi connectivity index (χ0n) is 12.0. The van der Waals surface area contributed by atoms with Gasteiger partial charge in [-0.3, -0.25) is 0 Å². The molecular formula is C16H21NO3S. The van der Waals surface area contributed by atoms with E-state index in [1.165, 1.54) is 12.8 Å². The number of aliphatic hydroxyl groups excluding tert-OH is 1. The van der Waals surface area contributed by atoms with Crippen LogP contribution in [0.5, 0.6) is 0 Å². The van der Waals surface area contributed by atoms with E-state index >= 15 is 0 Å². The minimum atomic E-state index is -3.47. The van der Waals surface area contributed by atoms with Crippen LogP contribution in [0.25, 0.3) is 0 Å². The van der Waals surface area contributed by atoms with E-state index in [-0.39, 0.29) is 11.5 Å². The second kappa shape index (κ2) is 7.60. The summed E-state index contributed by atoms with van der Waals surface area (Å²) in [6, 6.07) is 6.60. The molecule has 0 heterocycles. The van der Waals surface area contributed by atoms with Crippen molar-refractivity contribution in [3.05, 3.63) is 29.8 Å². The molecule has 1 aliphatic carbocycles. The molecule has 0 aromatic heterocycles. The van der Waals surface area contributed by atoms with E-state index < -0.39 is 10.0 Å². The van der Waals surface area contributed by atoms with Crippen LogP contribution >= 0.6 is 0 Å². The Morgan fingerprint density at radius 2 is 2.05 bits per heavy atom. The molecule has 0 aliphatic heterocycles. The van der Waals surface area contributed by atoms with Gasteiger partial charge in [0.2, 0.25) is 10.0 Å². The first-order chi connectivity index (χ1) is 10.1. The molecule has 2 rings (SSSR count). The van der Waals surface area contributed by atoms with E-state index in [4.69, 9.17) is 5.11 Å². The Morgan fingerprint density at radius 1 is 1.29 bits per heavy atom. The Morgan fingerprint density at radius 3 is 2.76 bits per heavy atom. The van der Waals surface area contributed by atoms with Gasteiger partial charge in [0.25, 0.3) is 0 Å². The Balaban J connectivity index is 2.05. The lowest BCUT2D eigenvalue weighted by Gasteiger charge is -2.11. The predicted molar refractivity (Wildman–Crippen MR) is 82.2 cm³/mol. The van der Waals surface area contributed by atoms with Crippen molar-refractivity contribution in [3.8, 4) is 11.8 Å². The minimum absolute atomic E-state index is 0.00787. The number of rotatable bonds is 5. The molecule has 5 heteroatoms. The van der Waals surface area contributed by atoms with E-state index in [2.05, 4.69) is 16.6 Å². The van der Waals surface area contributed by atoms with Crippen molar-refractivity contribution in [2.24, 2.45) is 5.92 Å². The van der Waals surface area contributed by atoms with Gasteiger partial charge >= 0.3 is 0 Å². The predicted octanol–water partition coefficient (Wildman–Crippen LogP) is 1.89. The van der Waals surface area contributed by atoms with Crippen LogP contribution in [0.1, 0.15) is 37.7 Å². The number of benzene rings is 1. The highest BCUT2D eigenvalue weighted by Crippen LogP contribution is 2.24. The van der Waals surface area contributed by atoms with Gasteiger partial charge < -0.3 is 5.11 Å². The highest BCUT2D eigenvalue weighted by Gasteiger charge is 2.19. The zero-order chi connectivity index (χ0) is 15.1. The number of hydrogen-bond acceptors (Lipinski definition) is 3. The quantitative estimate of drug-likeness (QED) is 0.816. The summed E-state index contributed by atoms with van der Waals surface area (Å²) in [6.07, 6.45) is 4.99. The third-order valence-corrected chi connectivity index (χ3v) is 5.07. The summed E-state index contributed by atoms with van der Waals surface area (Å²) < 4.78 is 27.2. The van der Waals surface area contributed by atoms with Crippen molar-refractivity contribution in [1.29, 1.82) is 0 Å². The van der Waals surface area contributed by atoms with Crippen LogP contribution in [0.3, 0.4) is 0 Å². The van der Waals surface area contributed by atoms with E-state index in [9.17, 15) is 8.42 Å². The number of sulfonamides is 1. The first-order valence-corrected chi connectivity index (χ1v) is 8.79. The lowest BCUT2D eigenvalue weighted by molar-refractivity contribution is 0.305. The van der Waals surface area contributed by atoms with Gasteiger partial charge in [0.1, 0.15) is 0 Å². The summed E-state index contributed by atoms with van der Waals surface area (Å²) >= 11 is 0. The SMILES string of the molecule is O=S(=O)(NCC1CCCC1)c1cccc(C#CCCO)c1. The number of nitrogens with one attached hydrogen (secondary N) is 1. The molecule has 0 amide bonds. The standard InChI is InChI=1S/C16H21NO3S/c18-11-4-3-6-14-9-5-10-16(12-14)21(19,20)17-13-15-7-1-2-8-15/h5,9-10,12,15,17-18H,1-2,4,7-8,11,13H2. The molecule has 1 aliphatic rings. The Labute approximate surface area is 126 Å². The molecule has 21 heavy (non-hydrogen) atoms. The van der Waals surface area contributed by atoms with Gasteiger partial charge in [-0.25, -0.2) is 13.1 Å². The normalized spacial score (nSPS) is 15.7. The molecule has 1 fully saturated rings. The molecule has 1 saturated carbocycles. The van der Waals surface area contributed by atoms with Crippen LogP contribution in [-0.2, 0) is 10.0 Å². The maximum absolute atomic E-state index is 12.3. The molecule has 0 spiro atoms. The third kappa shape index (κ3) is 4.85. The smallest absolute Gasteiger partial charge is 0.240 e. The average molecular weight is 307 g/mol. The van der Waals surface area contributed by atoms with Gasteiger partial charge in [0, 0.05) is 18.5 Å². The highest BCUT2D eigenvalue weighted by molar-refractivity contribution is 7.89. The highest BCUT2D eigenvalue weighted by atomic mass is 32.2. The molecule has 2 N–H and O–H groups in total. The van der Waals surface area contributed by atoms with Gasteiger partial charge in [0.15, 0.2) is 0 Å². The summed E-state index contributed by atoms with van der Waals surface area (Å²) in [6.45, 7) is 0.524. The molecule has 1 aromatic carbocycles. The topological polar surface area (TPSA) is 66.4 Å². The molecule has 4 nitrogen and oxygen atoms in total. The van der Waals surface area contributed by atoms with Crippen LogP contribution in [-0.4, -0.2) is 26.7 Å². The molecule has 0 bridgehead atoms. The van der Waals surface area contributed by atoms with Crippen molar-refractivity contribution in [2.45, 2.75) is 37.0 Å². The van der Waals surface area contributed by atoms with E-state index in [0.717, 1.165) is 12.8 Å². The van der Waals surface area contributed by atoms with Gasteiger partial charge in [-0.2, -0.15) is 0 Å². The molecule has 0 radical (unpaired) electrons. The monoisotopic (exact) mass is 307 g/mol. The zero-order valence-corrected chi connectivity index (χ0v) is 12.8. The fourth-order valence-corrected chi connectivity index (χ4v) is 3.65. The second-order valence-electron chi connectivity index (χ2n) is 5.31. The van der Waals surface area contributed by atoms with Crippen molar-refractivity contribution in [1.82, 2.24) is 4.72 Å². The molecule has 0 unspecified atom stereocenters. The first kappa shape index (κ1) is 16.0. The fraction of sp³-hybridized carbons (Fsp3) is 0.500. The van der Waals surface area contributed by atoms with E-state index in [1.807, 2.05) is 0 Å². The van der Waals surface area contributed by atoms with Gasteiger partial charge in [-0.1, -0.05) is 30.7 Å². The van der Waals surface area contributed by atoms with Crippen LogP contribution in [0.4, 0.5) is 0 Å². The van der Waals surface area contributed by atoms with E-state index in [1.54, 1.807) is 24.3 Å². The maximum Gasteiger partial charge on any atom is 0.240 e. The molecule has 0 atom stereocenters. The van der Waals surface area contributed by atoms with Gasteiger partial charge in [-0.05, 0) is 37.0 Å². The van der Waals surface area contributed by atoms with Crippen LogP contribution in [0.15, 0.2) is 29.2 Å². The molecule has 114 valence electrons. The fourth-order valence-electron chi connectivity index (χ4n) is 2.49. The van der Waals surface area contributed by atoms with Crippen LogP contribution < -0.4 is 4.72 Å². The molecular weight excluding hydrogens is 286 g/mol. The minimum Gasteiger partial charge on any atom is -0.395 e. The van der Waals surface area contributed by atoms with Crippen molar-refractivity contribution in [3.63, 3.8) is 0 Å². The van der Waals surface area contributed by atoms with E-state index in [0.29, 0.717) is 24.4 Å². The number of aliphatic hydroxyl groups is 1. The Kier molecular flexibility index (Phi) is 5.80. The third-order valence-electron chi connectivity index (χ3n) is 3.65. The van der Waals surface area contributed by atoms with Crippen molar-refractivity contribution in [2.75, 3.05) is 13.2 Å². The van der Waals surface area contributed by atoms with Crippen LogP contribution in [0, 0.1) is 17.8 Å². The lowest BCUT2D eigenvalue weighted by atomic mass is 10.1. The van der Waals surface area contributed by atoms with Crippen LogP contribution in [0.2, 0.25) is 0 Å². The number of hydrogen-bond donors (Lipinski definition) is 2. The summed E-state index contributed by atoms with van der Waals surface area (Å²) in [5.74, 6) is 6.11. The van der Waals surface area contributed by atoms with Gasteiger partial charge in [-0.15, -0.1) is 0 Å². The average Bonchev–Trinajstić information content (AvgIpc) is 2.99. The summed E-state index contributed by atoms with van der Waals surface area (Å²) in [4.78, 5) is 0.247. The second-order valence-corrected chi connectivity index (χ2v) is 7.07. The summed E-state index contributed by atoms with van der Waals surface area (Å²) in [5.41, 5.74) is 0.646. The summed E-state index contributed by atoms with van der Waals surface area (Å²) in [7, 11) is -3.47. The molecule has 0 saturated heterocycles. The largest absolute Gasteiger partial charge is 0.395 e. The lowest BCUT2D eigenvalue weighted by Crippen LogP contribution is -2.28. The van der Waals surface area contributed by atoms with Gasteiger partial charge in [0.05, 0.1) is 11.5 Å².